The van der Waals surface area contributed by atoms with Crippen LogP contribution in [0.25, 0.3) is 0 Å². The van der Waals surface area contributed by atoms with Crippen molar-refractivity contribution >= 4 is 27.6 Å². The van der Waals surface area contributed by atoms with Gasteiger partial charge in [0.1, 0.15) is 12.4 Å². The van der Waals surface area contributed by atoms with Crippen LogP contribution >= 0.6 is 0 Å². The van der Waals surface area contributed by atoms with Gasteiger partial charge in [-0.25, -0.2) is 12.8 Å². The molecule has 2 rings (SSSR count). The van der Waals surface area contributed by atoms with Gasteiger partial charge >= 0.3 is 5.97 Å². The van der Waals surface area contributed by atoms with E-state index in [0.717, 1.165) is 6.07 Å². The van der Waals surface area contributed by atoms with Crippen LogP contribution in [-0.2, 0) is 24.2 Å². The molecule has 136 valence electrons. The number of rotatable bonds is 6. The lowest BCUT2D eigenvalue weighted by molar-refractivity contribution is -0.147. The summed E-state index contributed by atoms with van der Waals surface area (Å²) >= 11 is 0. The fourth-order valence-electron chi connectivity index (χ4n) is 2.27. The number of carbonyl (C=O) groups excluding carboxylic acids is 3. The molecule has 1 aromatic rings. The Morgan fingerprint density at radius 3 is 2.60 bits per heavy atom. The molecule has 0 aromatic heterocycles. The minimum atomic E-state index is -3.12. The quantitative estimate of drug-likeness (QED) is 0.644. The SMILES string of the molecule is O=C(COC(=O)CNC(=O)c1ccccc1F)N[C@H]1CCS(=O)(=O)C1. The summed E-state index contributed by atoms with van der Waals surface area (Å²) in [6, 6.07) is 4.79. The number of hydrogen-bond donors (Lipinski definition) is 2. The first-order valence-electron chi connectivity index (χ1n) is 7.45. The Morgan fingerprint density at radius 1 is 1.24 bits per heavy atom. The number of sulfone groups is 1. The summed E-state index contributed by atoms with van der Waals surface area (Å²) in [6.45, 7) is -1.12. The van der Waals surface area contributed by atoms with Crippen LogP contribution in [0.2, 0.25) is 0 Å². The predicted octanol–water partition coefficient (Wildman–Crippen LogP) is -0.598. The molecule has 25 heavy (non-hydrogen) atoms. The van der Waals surface area contributed by atoms with Crippen molar-refractivity contribution in [2.75, 3.05) is 24.7 Å². The monoisotopic (exact) mass is 372 g/mol. The van der Waals surface area contributed by atoms with Gasteiger partial charge in [-0.1, -0.05) is 12.1 Å². The van der Waals surface area contributed by atoms with E-state index >= 15 is 0 Å². The van der Waals surface area contributed by atoms with Gasteiger partial charge in [-0.2, -0.15) is 0 Å². The topological polar surface area (TPSA) is 119 Å². The Balaban J connectivity index is 1.69. The van der Waals surface area contributed by atoms with Gasteiger partial charge in [-0.3, -0.25) is 14.4 Å². The van der Waals surface area contributed by atoms with E-state index in [2.05, 4.69) is 15.4 Å². The van der Waals surface area contributed by atoms with Crippen molar-refractivity contribution in [1.82, 2.24) is 10.6 Å². The maximum atomic E-state index is 13.4. The molecule has 0 bridgehead atoms. The number of esters is 1. The highest BCUT2D eigenvalue weighted by Gasteiger charge is 2.29. The molecule has 1 saturated heterocycles. The first-order chi connectivity index (χ1) is 11.8. The van der Waals surface area contributed by atoms with Gasteiger partial charge in [0, 0.05) is 6.04 Å². The summed E-state index contributed by atoms with van der Waals surface area (Å²) in [5.41, 5.74) is -0.213. The van der Waals surface area contributed by atoms with Crippen molar-refractivity contribution in [2.45, 2.75) is 12.5 Å². The molecular weight excluding hydrogens is 355 g/mol. The smallest absolute Gasteiger partial charge is 0.325 e. The van der Waals surface area contributed by atoms with E-state index in [1.807, 2.05) is 0 Å². The van der Waals surface area contributed by atoms with Crippen molar-refractivity contribution in [2.24, 2.45) is 0 Å². The molecule has 1 aromatic carbocycles. The first-order valence-corrected chi connectivity index (χ1v) is 9.27. The van der Waals surface area contributed by atoms with Crippen LogP contribution in [0.4, 0.5) is 4.39 Å². The van der Waals surface area contributed by atoms with Crippen LogP contribution in [0.3, 0.4) is 0 Å². The van der Waals surface area contributed by atoms with Crippen LogP contribution < -0.4 is 10.6 Å². The molecule has 1 aliphatic rings. The lowest BCUT2D eigenvalue weighted by Crippen LogP contribution is -2.39. The number of carbonyl (C=O) groups is 3. The number of amides is 2. The maximum Gasteiger partial charge on any atom is 0.325 e. The van der Waals surface area contributed by atoms with Crippen molar-refractivity contribution < 1.29 is 31.9 Å². The Morgan fingerprint density at radius 2 is 1.96 bits per heavy atom. The zero-order valence-electron chi connectivity index (χ0n) is 13.2. The highest BCUT2D eigenvalue weighted by atomic mass is 32.2. The molecule has 0 aliphatic carbocycles. The third kappa shape index (κ3) is 5.82. The van der Waals surface area contributed by atoms with Crippen molar-refractivity contribution in [3.05, 3.63) is 35.6 Å². The van der Waals surface area contributed by atoms with E-state index in [9.17, 15) is 27.2 Å². The minimum absolute atomic E-state index is 0.0137. The molecule has 1 fully saturated rings. The second kappa shape index (κ2) is 8.06. The molecule has 8 nitrogen and oxygen atoms in total. The Hall–Kier alpha value is -2.49. The normalized spacial score (nSPS) is 18.4. The largest absolute Gasteiger partial charge is 0.454 e. The molecule has 0 radical (unpaired) electrons. The van der Waals surface area contributed by atoms with Crippen LogP contribution in [0.5, 0.6) is 0 Å². The van der Waals surface area contributed by atoms with Crippen LogP contribution in [-0.4, -0.2) is 56.9 Å². The molecule has 1 atom stereocenters. The van der Waals surface area contributed by atoms with Gasteiger partial charge in [-0.05, 0) is 18.6 Å². The van der Waals surface area contributed by atoms with Gasteiger partial charge in [0.05, 0.1) is 17.1 Å². The summed E-state index contributed by atoms with van der Waals surface area (Å²) in [4.78, 5) is 34.8. The van der Waals surface area contributed by atoms with Crippen LogP contribution in [0.15, 0.2) is 24.3 Å². The predicted molar refractivity (Wildman–Crippen MR) is 84.9 cm³/mol. The molecule has 1 aliphatic heterocycles. The first kappa shape index (κ1) is 18.8. The lowest BCUT2D eigenvalue weighted by atomic mass is 10.2. The number of benzene rings is 1. The van der Waals surface area contributed by atoms with Crippen LogP contribution in [0.1, 0.15) is 16.8 Å². The number of nitrogens with one attached hydrogen (secondary N) is 2. The Kier molecular flexibility index (Phi) is 6.07. The van der Waals surface area contributed by atoms with E-state index in [0.29, 0.717) is 6.42 Å². The van der Waals surface area contributed by atoms with Crippen molar-refractivity contribution in [3.8, 4) is 0 Å². The van der Waals surface area contributed by atoms with E-state index in [4.69, 9.17) is 0 Å². The van der Waals surface area contributed by atoms with E-state index in [1.165, 1.54) is 18.2 Å². The summed E-state index contributed by atoms with van der Waals surface area (Å²) in [6.07, 6.45) is 0.320. The Bertz CT molecular complexity index is 780. The van der Waals surface area contributed by atoms with E-state index in [1.54, 1.807) is 0 Å². The number of hydrogen-bond acceptors (Lipinski definition) is 6. The second-order valence-electron chi connectivity index (χ2n) is 5.49. The molecule has 0 unspecified atom stereocenters. The molecule has 0 saturated carbocycles. The second-order valence-corrected chi connectivity index (χ2v) is 7.72. The minimum Gasteiger partial charge on any atom is -0.454 e. The maximum absolute atomic E-state index is 13.4. The molecule has 2 N–H and O–H groups in total. The van der Waals surface area contributed by atoms with Crippen LogP contribution in [0, 0.1) is 5.82 Å². The van der Waals surface area contributed by atoms with Gasteiger partial charge in [0.25, 0.3) is 11.8 Å². The number of ether oxygens (including phenoxy) is 1. The zero-order chi connectivity index (χ0) is 18.4. The standard InChI is InChI=1S/C15H17FN2O6S/c16-12-4-2-1-3-11(12)15(21)17-7-14(20)24-8-13(19)18-10-5-6-25(22,23)9-10/h1-4,10H,5-9H2,(H,17,21)(H,18,19)/t10-/m0/s1. The molecule has 0 spiro atoms. The number of halogens is 1. The molecule has 2 amide bonds. The zero-order valence-corrected chi connectivity index (χ0v) is 14.0. The van der Waals surface area contributed by atoms with Gasteiger partial charge in [0.15, 0.2) is 16.4 Å². The third-order valence-corrected chi connectivity index (χ3v) is 5.24. The Labute approximate surface area is 143 Å². The molecular formula is C15H17FN2O6S. The third-order valence-electron chi connectivity index (χ3n) is 3.47. The summed E-state index contributed by atoms with van der Waals surface area (Å²) < 4.78 is 40.6. The molecule has 10 heteroatoms. The molecule has 1 heterocycles. The van der Waals surface area contributed by atoms with Crippen molar-refractivity contribution in [1.29, 1.82) is 0 Å². The van der Waals surface area contributed by atoms with Gasteiger partial charge in [-0.15, -0.1) is 0 Å². The summed E-state index contributed by atoms with van der Waals surface area (Å²) in [5.74, 6) is -3.13. The highest BCUT2D eigenvalue weighted by molar-refractivity contribution is 7.91. The fraction of sp³-hybridized carbons (Fsp3) is 0.400. The van der Waals surface area contributed by atoms with E-state index in [-0.39, 0.29) is 17.1 Å². The summed E-state index contributed by atoms with van der Waals surface area (Å²) in [5, 5.41) is 4.64. The van der Waals surface area contributed by atoms with Crippen molar-refractivity contribution in [3.63, 3.8) is 0 Å². The summed E-state index contributed by atoms with van der Waals surface area (Å²) in [7, 11) is -3.12. The highest BCUT2D eigenvalue weighted by Crippen LogP contribution is 2.11. The fourth-order valence-corrected chi connectivity index (χ4v) is 3.94. The lowest BCUT2D eigenvalue weighted by Gasteiger charge is -2.11. The van der Waals surface area contributed by atoms with Gasteiger partial charge < -0.3 is 15.4 Å². The average Bonchev–Trinajstić information content (AvgIpc) is 2.89. The van der Waals surface area contributed by atoms with E-state index < -0.39 is 52.6 Å². The average molecular weight is 372 g/mol. The van der Waals surface area contributed by atoms with Gasteiger partial charge in [0.2, 0.25) is 0 Å².